The number of hydrogen-bond donors (Lipinski definition) is 0. The van der Waals surface area contributed by atoms with Crippen molar-refractivity contribution in [3.63, 3.8) is 0 Å². The van der Waals surface area contributed by atoms with E-state index in [0.717, 1.165) is 22.3 Å². The lowest BCUT2D eigenvalue weighted by Crippen LogP contribution is -2.06. The number of aryl methyl sites for hydroxylation is 1. The predicted molar refractivity (Wildman–Crippen MR) is 95.2 cm³/mol. The zero-order valence-electron chi connectivity index (χ0n) is 13.3. The molecule has 0 unspecified atom stereocenters. The van der Waals surface area contributed by atoms with Crippen LogP contribution in [0.1, 0.15) is 21.7 Å². The van der Waals surface area contributed by atoms with Crippen LogP contribution in [0.2, 0.25) is 0 Å². The molecule has 0 atom stereocenters. The molecule has 0 N–H and O–H groups in total. The van der Waals surface area contributed by atoms with Gasteiger partial charge in [0.15, 0.2) is 5.82 Å². The minimum Gasteiger partial charge on any atom is -0.296 e. The van der Waals surface area contributed by atoms with Gasteiger partial charge in [-0.3, -0.25) is 9.20 Å². The predicted octanol–water partition coefficient (Wildman–Crippen LogP) is 4.54. The normalized spacial score (nSPS) is 10.9. The van der Waals surface area contributed by atoms with Crippen LogP contribution in [0.5, 0.6) is 0 Å². The molecule has 24 heavy (non-hydrogen) atoms. The highest BCUT2D eigenvalue weighted by Gasteiger charge is 2.19. The molecular weight excluding hydrogens is 296 g/mol. The lowest BCUT2D eigenvalue weighted by atomic mass is 10.1. The second-order valence-electron chi connectivity index (χ2n) is 5.80. The first-order chi connectivity index (χ1) is 11.7. The van der Waals surface area contributed by atoms with Gasteiger partial charge in [0.25, 0.3) is 0 Å². The second-order valence-corrected chi connectivity index (χ2v) is 5.80. The zero-order chi connectivity index (χ0) is 16.5. The van der Waals surface area contributed by atoms with Gasteiger partial charge < -0.3 is 0 Å². The van der Waals surface area contributed by atoms with Gasteiger partial charge in [-0.25, -0.2) is 4.98 Å². The van der Waals surface area contributed by atoms with Crippen LogP contribution < -0.4 is 0 Å². The summed E-state index contributed by atoms with van der Waals surface area (Å²) in [6, 6.07) is 23.4. The van der Waals surface area contributed by atoms with Gasteiger partial charge in [-0.15, -0.1) is 0 Å². The Morgan fingerprint density at radius 1 is 0.875 bits per heavy atom. The van der Waals surface area contributed by atoms with Crippen LogP contribution in [0, 0.1) is 6.92 Å². The Balaban J connectivity index is 1.90. The van der Waals surface area contributed by atoms with Crippen molar-refractivity contribution < 1.29 is 4.79 Å². The molecule has 2 aromatic heterocycles. The highest BCUT2D eigenvalue weighted by molar-refractivity contribution is 6.08. The van der Waals surface area contributed by atoms with Crippen LogP contribution in [0.25, 0.3) is 16.8 Å². The number of imidazole rings is 1. The van der Waals surface area contributed by atoms with Crippen LogP contribution in [-0.2, 0) is 0 Å². The van der Waals surface area contributed by atoms with Gasteiger partial charge in [-0.2, -0.15) is 0 Å². The molecule has 0 aliphatic heterocycles. The Kier molecular flexibility index (Phi) is 3.47. The average molecular weight is 312 g/mol. The number of benzene rings is 2. The van der Waals surface area contributed by atoms with Gasteiger partial charge in [0.2, 0.25) is 5.78 Å². The Morgan fingerprint density at radius 2 is 1.58 bits per heavy atom. The zero-order valence-corrected chi connectivity index (χ0v) is 13.3. The quantitative estimate of drug-likeness (QED) is 0.520. The third kappa shape index (κ3) is 2.40. The van der Waals surface area contributed by atoms with Gasteiger partial charge in [0, 0.05) is 17.3 Å². The van der Waals surface area contributed by atoms with Crippen molar-refractivity contribution in [2.24, 2.45) is 0 Å². The molecule has 0 amide bonds. The summed E-state index contributed by atoms with van der Waals surface area (Å²) >= 11 is 0. The van der Waals surface area contributed by atoms with Crippen LogP contribution >= 0.6 is 0 Å². The van der Waals surface area contributed by atoms with Crippen molar-refractivity contribution >= 4 is 11.3 Å². The van der Waals surface area contributed by atoms with Crippen molar-refractivity contribution in [3.8, 4) is 11.3 Å². The number of rotatable bonds is 3. The molecule has 0 aliphatic carbocycles. The maximum Gasteiger partial charge on any atom is 0.228 e. The van der Waals surface area contributed by atoms with E-state index in [1.54, 1.807) is 0 Å². The first-order valence-electron chi connectivity index (χ1n) is 7.88. The number of nitrogens with zero attached hydrogens (tertiary/aromatic N) is 2. The molecule has 2 heterocycles. The fraction of sp³-hybridized carbons (Fsp3) is 0.0476. The summed E-state index contributed by atoms with van der Waals surface area (Å²) in [5, 5.41) is 0. The summed E-state index contributed by atoms with van der Waals surface area (Å²) in [5.41, 5.74) is 4.54. The number of hydrogen-bond acceptors (Lipinski definition) is 2. The van der Waals surface area contributed by atoms with Crippen LogP contribution in [-0.4, -0.2) is 15.2 Å². The van der Waals surface area contributed by atoms with Gasteiger partial charge in [0.1, 0.15) is 0 Å². The molecular formula is C21H16N2O. The van der Waals surface area contributed by atoms with Crippen molar-refractivity contribution in [2.45, 2.75) is 6.92 Å². The van der Waals surface area contributed by atoms with Crippen LogP contribution in [0.4, 0.5) is 0 Å². The Labute approximate surface area is 140 Å². The molecule has 2 aromatic carbocycles. The first-order valence-corrected chi connectivity index (χ1v) is 7.88. The molecule has 0 fully saturated rings. The largest absolute Gasteiger partial charge is 0.296 e. The summed E-state index contributed by atoms with van der Waals surface area (Å²) in [5.74, 6) is 0.367. The number of ketones is 1. The van der Waals surface area contributed by atoms with Gasteiger partial charge in [0.05, 0.1) is 11.2 Å². The summed E-state index contributed by atoms with van der Waals surface area (Å²) in [4.78, 5) is 17.6. The number of fused-ring (bicyclic) bond motifs is 1. The lowest BCUT2D eigenvalue weighted by molar-refractivity contribution is 0.102. The van der Waals surface area contributed by atoms with E-state index >= 15 is 0 Å². The van der Waals surface area contributed by atoms with Gasteiger partial charge >= 0.3 is 0 Å². The van der Waals surface area contributed by atoms with Crippen molar-refractivity contribution in [3.05, 3.63) is 95.9 Å². The highest BCUT2D eigenvalue weighted by atomic mass is 16.1. The van der Waals surface area contributed by atoms with Crippen molar-refractivity contribution in [1.29, 1.82) is 0 Å². The highest BCUT2D eigenvalue weighted by Crippen LogP contribution is 2.25. The molecule has 3 heteroatoms. The average Bonchev–Trinajstić information content (AvgIpc) is 3.02. The first kappa shape index (κ1) is 14.4. The van der Waals surface area contributed by atoms with E-state index in [4.69, 9.17) is 0 Å². The minimum atomic E-state index is -0.0709. The van der Waals surface area contributed by atoms with Crippen molar-refractivity contribution in [1.82, 2.24) is 9.38 Å². The summed E-state index contributed by atoms with van der Waals surface area (Å²) in [6.45, 7) is 2.01. The van der Waals surface area contributed by atoms with Crippen LogP contribution in [0.3, 0.4) is 0 Å². The van der Waals surface area contributed by atoms with Gasteiger partial charge in [-0.1, -0.05) is 66.2 Å². The monoisotopic (exact) mass is 312 g/mol. The van der Waals surface area contributed by atoms with E-state index in [0.29, 0.717) is 11.4 Å². The number of carbonyl (C=O) groups excluding carboxylic acids is 1. The van der Waals surface area contributed by atoms with E-state index in [1.165, 1.54) is 0 Å². The lowest BCUT2D eigenvalue weighted by Gasteiger charge is -2.01. The molecule has 0 saturated carbocycles. The molecule has 0 saturated heterocycles. The van der Waals surface area contributed by atoms with E-state index < -0.39 is 0 Å². The Hall–Kier alpha value is -3.20. The third-order valence-corrected chi connectivity index (χ3v) is 4.11. The molecule has 0 radical (unpaired) electrons. The molecule has 0 spiro atoms. The molecule has 0 bridgehead atoms. The fourth-order valence-electron chi connectivity index (χ4n) is 2.84. The van der Waals surface area contributed by atoms with Crippen molar-refractivity contribution in [2.75, 3.05) is 0 Å². The molecule has 0 aliphatic rings. The maximum atomic E-state index is 12.9. The smallest absolute Gasteiger partial charge is 0.228 e. The third-order valence-electron chi connectivity index (χ3n) is 4.11. The number of aromatic nitrogens is 2. The topological polar surface area (TPSA) is 34.4 Å². The SMILES string of the molecule is Cc1ccc(C(=O)c2nc(-c3ccccc3)c3ccccn23)cc1. The Bertz CT molecular complexity index is 1010. The van der Waals surface area contributed by atoms with E-state index in [-0.39, 0.29) is 5.78 Å². The molecule has 116 valence electrons. The van der Waals surface area contributed by atoms with Gasteiger partial charge in [-0.05, 0) is 19.1 Å². The van der Waals surface area contributed by atoms with E-state index in [2.05, 4.69) is 4.98 Å². The molecule has 4 rings (SSSR count). The summed E-state index contributed by atoms with van der Waals surface area (Å²) < 4.78 is 1.87. The Morgan fingerprint density at radius 3 is 2.33 bits per heavy atom. The van der Waals surface area contributed by atoms with E-state index in [9.17, 15) is 4.79 Å². The van der Waals surface area contributed by atoms with Crippen LogP contribution in [0.15, 0.2) is 79.0 Å². The summed E-state index contributed by atoms with van der Waals surface area (Å²) in [6.07, 6.45) is 1.89. The second kappa shape index (κ2) is 5.78. The standard InChI is InChI=1S/C21H16N2O/c1-15-10-12-17(13-11-15)20(24)21-22-19(16-7-3-2-4-8-16)18-9-5-6-14-23(18)21/h2-14H,1H3. The number of pyridine rings is 1. The molecule has 3 nitrogen and oxygen atoms in total. The number of carbonyl (C=O) groups is 1. The minimum absolute atomic E-state index is 0.0709. The molecule has 4 aromatic rings. The summed E-state index contributed by atoms with van der Waals surface area (Å²) in [7, 11) is 0. The maximum absolute atomic E-state index is 12.9. The fourth-order valence-corrected chi connectivity index (χ4v) is 2.84. The van der Waals surface area contributed by atoms with E-state index in [1.807, 2.05) is 90.3 Å².